The molecule has 0 spiro atoms. The Hall–Kier alpha value is -0.900. The maximum atomic E-state index is 9.32. The van der Waals surface area contributed by atoms with Gasteiger partial charge in [-0.05, 0) is 18.4 Å². The molecule has 0 aliphatic heterocycles. The molecule has 0 aromatic heterocycles. The van der Waals surface area contributed by atoms with Crippen LogP contribution in [0.3, 0.4) is 0 Å². The van der Waals surface area contributed by atoms with E-state index in [1.165, 1.54) is 5.56 Å². The van der Waals surface area contributed by atoms with Crippen LogP contribution in [0.15, 0.2) is 30.3 Å². The van der Waals surface area contributed by atoms with Gasteiger partial charge < -0.3 is 14.6 Å². The van der Waals surface area contributed by atoms with E-state index >= 15 is 0 Å². The van der Waals surface area contributed by atoms with Gasteiger partial charge in [0.15, 0.2) is 0 Å². The van der Waals surface area contributed by atoms with E-state index in [1.807, 2.05) is 18.2 Å². The van der Waals surface area contributed by atoms with Crippen LogP contribution in [0, 0.1) is 0 Å². The van der Waals surface area contributed by atoms with Crippen molar-refractivity contribution in [2.45, 2.75) is 18.9 Å². The number of benzene rings is 1. The standard InChI is InChI=1S/C13H20O3/c1-15-10-13(14)11-16-9-5-8-12-6-3-2-4-7-12/h2-4,6-7,13-14H,5,8-11H2,1H3. The number of aryl methyl sites for hydroxylation is 1. The second kappa shape index (κ2) is 8.28. The molecule has 0 heterocycles. The van der Waals surface area contributed by atoms with Crippen molar-refractivity contribution in [3.8, 4) is 0 Å². The van der Waals surface area contributed by atoms with Crippen molar-refractivity contribution in [3.63, 3.8) is 0 Å². The van der Waals surface area contributed by atoms with Crippen molar-refractivity contribution in [2.75, 3.05) is 26.9 Å². The van der Waals surface area contributed by atoms with E-state index in [9.17, 15) is 5.11 Å². The number of hydrogen-bond donors (Lipinski definition) is 1. The molecule has 0 aliphatic rings. The van der Waals surface area contributed by atoms with E-state index < -0.39 is 6.10 Å². The Kier molecular flexibility index (Phi) is 6.81. The van der Waals surface area contributed by atoms with E-state index in [0.717, 1.165) is 12.8 Å². The Morgan fingerprint density at radius 3 is 2.62 bits per heavy atom. The maximum Gasteiger partial charge on any atom is 0.101 e. The summed E-state index contributed by atoms with van der Waals surface area (Å²) in [7, 11) is 1.57. The van der Waals surface area contributed by atoms with Crippen molar-refractivity contribution >= 4 is 0 Å². The summed E-state index contributed by atoms with van der Waals surface area (Å²) in [5.74, 6) is 0. The minimum atomic E-state index is -0.512. The summed E-state index contributed by atoms with van der Waals surface area (Å²) in [6.45, 7) is 1.36. The number of rotatable bonds is 8. The Balaban J connectivity index is 2.00. The van der Waals surface area contributed by atoms with Gasteiger partial charge in [0.2, 0.25) is 0 Å². The third-order valence-electron chi connectivity index (χ3n) is 2.27. The highest BCUT2D eigenvalue weighted by Gasteiger charge is 2.02. The second-order valence-corrected chi connectivity index (χ2v) is 3.77. The molecular formula is C13H20O3. The van der Waals surface area contributed by atoms with Gasteiger partial charge in [-0.2, -0.15) is 0 Å². The normalized spacial score (nSPS) is 12.6. The van der Waals surface area contributed by atoms with E-state index in [4.69, 9.17) is 9.47 Å². The summed E-state index contributed by atoms with van der Waals surface area (Å²) in [5.41, 5.74) is 1.32. The van der Waals surface area contributed by atoms with E-state index in [-0.39, 0.29) is 0 Å². The van der Waals surface area contributed by atoms with Crippen LogP contribution >= 0.6 is 0 Å². The minimum Gasteiger partial charge on any atom is -0.388 e. The van der Waals surface area contributed by atoms with Crippen LogP contribution in [0.5, 0.6) is 0 Å². The lowest BCUT2D eigenvalue weighted by atomic mass is 10.1. The third kappa shape index (κ3) is 5.85. The van der Waals surface area contributed by atoms with Crippen molar-refractivity contribution in [3.05, 3.63) is 35.9 Å². The van der Waals surface area contributed by atoms with Crippen molar-refractivity contribution in [1.29, 1.82) is 0 Å². The zero-order valence-electron chi connectivity index (χ0n) is 9.76. The number of ether oxygens (including phenoxy) is 2. The molecule has 3 nitrogen and oxygen atoms in total. The summed E-state index contributed by atoms with van der Waals surface area (Å²) in [6.07, 6.45) is 1.48. The van der Waals surface area contributed by atoms with Gasteiger partial charge in [-0.3, -0.25) is 0 Å². The van der Waals surface area contributed by atoms with Gasteiger partial charge in [0.25, 0.3) is 0 Å². The fraction of sp³-hybridized carbons (Fsp3) is 0.538. The van der Waals surface area contributed by atoms with Crippen LogP contribution in [0.2, 0.25) is 0 Å². The molecule has 0 saturated heterocycles. The van der Waals surface area contributed by atoms with E-state index in [1.54, 1.807) is 7.11 Å². The zero-order chi connectivity index (χ0) is 11.6. The second-order valence-electron chi connectivity index (χ2n) is 3.77. The molecule has 3 heteroatoms. The molecule has 0 fully saturated rings. The largest absolute Gasteiger partial charge is 0.388 e. The number of aliphatic hydroxyl groups is 1. The highest BCUT2D eigenvalue weighted by Crippen LogP contribution is 2.02. The van der Waals surface area contributed by atoms with Crippen molar-refractivity contribution < 1.29 is 14.6 Å². The fourth-order valence-corrected chi connectivity index (χ4v) is 1.48. The third-order valence-corrected chi connectivity index (χ3v) is 2.27. The van der Waals surface area contributed by atoms with Crippen molar-refractivity contribution in [1.82, 2.24) is 0 Å². The summed E-state index contributed by atoms with van der Waals surface area (Å²) >= 11 is 0. The first-order chi connectivity index (χ1) is 7.83. The topological polar surface area (TPSA) is 38.7 Å². The summed E-state index contributed by atoms with van der Waals surface area (Å²) in [6, 6.07) is 10.3. The molecule has 1 unspecified atom stereocenters. The Morgan fingerprint density at radius 1 is 1.19 bits per heavy atom. The molecule has 0 radical (unpaired) electrons. The summed E-state index contributed by atoms with van der Waals surface area (Å²) in [4.78, 5) is 0. The van der Waals surface area contributed by atoms with Crippen LogP contribution in [0.25, 0.3) is 0 Å². The average molecular weight is 224 g/mol. The van der Waals surface area contributed by atoms with Gasteiger partial charge in [-0.15, -0.1) is 0 Å². The lowest BCUT2D eigenvalue weighted by Crippen LogP contribution is -2.21. The molecule has 0 amide bonds. The highest BCUT2D eigenvalue weighted by molar-refractivity contribution is 5.14. The van der Waals surface area contributed by atoms with Gasteiger partial charge in [-0.1, -0.05) is 30.3 Å². The SMILES string of the molecule is COCC(O)COCCCc1ccccc1. The smallest absolute Gasteiger partial charge is 0.101 e. The van der Waals surface area contributed by atoms with Crippen LogP contribution in [0.4, 0.5) is 0 Å². The first-order valence-electron chi connectivity index (χ1n) is 5.61. The van der Waals surface area contributed by atoms with Gasteiger partial charge in [0, 0.05) is 13.7 Å². The van der Waals surface area contributed by atoms with E-state index in [2.05, 4.69) is 12.1 Å². The molecule has 0 saturated carbocycles. The average Bonchev–Trinajstić information content (AvgIpc) is 2.30. The zero-order valence-corrected chi connectivity index (χ0v) is 9.76. The Bertz CT molecular complexity index is 261. The first kappa shape index (κ1) is 13.2. The first-order valence-corrected chi connectivity index (χ1v) is 5.61. The van der Waals surface area contributed by atoms with Crippen LogP contribution in [-0.2, 0) is 15.9 Å². The van der Waals surface area contributed by atoms with Gasteiger partial charge in [-0.25, -0.2) is 0 Å². The van der Waals surface area contributed by atoms with Crippen LogP contribution in [0.1, 0.15) is 12.0 Å². The van der Waals surface area contributed by atoms with Crippen molar-refractivity contribution in [2.24, 2.45) is 0 Å². The minimum absolute atomic E-state index is 0.332. The van der Waals surface area contributed by atoms with Crippen LogP contribution < -0.4 is 0 Å². The maximum absolute atomic E-state index is 9.32. The van der Waals surface area contributed by atoms with E-state index in [0.29, 0.717) is 19.8 Å². The van der Waals surface area contributed by atoms with Gasteiger partial charge >= 0.3 is 0 Å². The molecule has 1 aromatic carbocycles. The molecule has 1 N–H and O–H groups in total. The fourth-order valence-electron chi connectivity index (χ4n) is 1.48. The molecule has 0 aliphatic carbocycles. The number of hydrogen-bond acceptors (Lipinski definition) is 3. The molecule has 1 atom stereocenters. The molecular weight excluding hydrogens is 204 g/mol. The lowest BCUT2D eigenvalue weighted by molar-refractivity contribution is -0.00644. The Morgan fingerprint density at radius 2 is 1.94 bits per heavy atom. The predicted molar refractivity (Wildman–Crippen MR) is 63.5 cm³/mol. The molecule has 16 heavy (non-hydrogen) atoms. The van der Waals surface area contributed by atoms with Crippen LogP contribution in [-0.4, -0.2) is 38.1 Å². The lowest BCUT2D eigenvalue weighted by Gasteiger charge is -2.09. The Labute approximate surface area is 97.0 Å². The van der Waals surface area contributed by atoms with Gasteiger partial charge in [0.05, 0.1) is 13.2 Å². The molecule has 1 rings (SSSR count). The quantitative estimate of drug-likeness (QED) is 0.682. The molecule has 0 bridgehead atoms. The summed E-state index contributed by atoms with van der Waals surface area (Å²) in [5, 5.41) is 9.32. The molecule has 90 valence electrons. The highest BCUT2D eigenvalue weighted by atomic mass is 16.5. The summed E-state index contributed by atoms with van der Waals surface area (Å²) < 4.78 is 10.1. The predicted octanol–water partition coefficient (Wildman–Crippen LogP) is 1.64. The number of methoxy groups -OCH3 is 1. The number of aliphatic hydroxyl groups excluding tert-OH is 1. The monoisotopic (exact) mass is 224 g/mol. The molecule has 1 aromatic rings. The van der Waals surface area contributed by atoms with Gasteiger partial charge in [0.1, 0.15) is 6.10 Å².